The van der Waals surface area contributed by atoms with Crippen LogP contribution in [0, 0.1) is 0 Å². The minimum Gasteiger partial charge on any atom is -0.480 e. The summed E-state index contributed by atoms with van der Waals surface area (Å²) in [5.74, 6) is -3.42. The van der Waals surface area contributed by atoms with Gasteiger partial charge in [0.2, 0.25) is 0 Å². The first-order valence-electron chi connectivity index (χ1n) is 3.20. The highest BCUT2D eigenvalue weighted by atomic mass is 32.1. The first kappa shape index (κ1) is 12.3. The van der Waals surface area contributed by atoms with E-state index in [0.29, 0.717) is 0 Å². The Kier molecular flexibility index (Phi) is 4.86. The summed E-state index contributed by atoms with van der Waals surface area (Å²) in [6.07, 6.45) is -0.446. The van der Waals surface area contributed by atoms with Crippen LogP contribution in [-0.4, -0.2) is 38.4 Å². The molecule has 0 aromatic carbocycles. The number of carbonyl (C=O) groups excluding carboxylic acids is 1. The van der Waals surface area contributed by atoms with E-state index >= 15 is 0 Å². The molecule has 0 aliphatic rings. The van der Waals surface area contributed by atoms with Gasteiger partial charge in [-0.3, -0.25) is 14.4 Å². The maximum atomic E-state index is 10.9. The van der Waals surface area contributed by atoms with Crippen LogP contribution in [-0.2, 0) is 14.4 Å². The zero-order valence-electron chi connectivity index (χ0n) is 6.38. The molecule has 13 heavy (non-hydrogen) atoms. The van der Waals surface area contributed by atoms with Crippen LogP contribution in [0.5, 0.6) is 0 Å². The van der Waals surface area contributed by atoms with Crippen LogP contribution in [0.2, 0.25) is 0 Å². The van der Waals surface area contributed by atoms with Gasteiger partial charge in [-0.05, 0) is 0 Å². The van der Waals surface area contributed by atoms with Crippen LogP contribution in [0.3, 0.4) is 0 Å². The Labute approximate surface area is 84.9 Å². The molecule has 0 rings (SSSR count). The van der Waals surface area contributed by atoms with E-state index in [4.69, 9.17) is 10.2 Å². The van der Waals surface area contributed by atoms with Crippen LogP contribution in [0.4, 0.5) is 0 Å². The molecular formula is C6H8O5S2. The van der Waals surface area contributed by atoms with Crippen molar-refractivity contribution < 1.29 is 24.6 Å². The van der Waals surface area contributed by atoms with Crippen molar-refractivity contribution in [2.24, 2.45) is 0 Å². The number of carbonyl (C=O) groups is 3. The maximum absolute atomic E-state index is 10.9. The standard InChI is InChI=1S/C6H8O5S2/c7-2(4(13)6(10)11)1-3(12)5(8)9/h3-4,12-13H,1H2,(H,8,9)(H,10,11). The molecular weight excluding hydrogens is 216 g/mol. The van der Waals surface area contributed by atoms with E-state index < -0.39 is 34.6 Å². The molecule has 0 spiro atoms. The lowest BCUT2D eigenvalue weighted by atomic mass is 10.1. The number of rotatable bonds is 5. The van der Waals surface area contributed by atoms with Gasteiger partial charge in [0.15, 0.2) is 11.0 Å². The van der Waals surface area contributed by atoms with Gasteiger partial charge in [-0.15, -0.1) is 0 Å². The van der Waals surface area contributed by atoms with Gasteiger partial charge in [-0.1, -0.05) is 0 Å². The van der Waals surface area contributed by atoms with Gasteiger partial charge < -0.3 is 10.2 Å². The minimum atomic E-state index is -1.48. The molecule has 0 aromatic heterocycles. The SMILES string of the molecule is O=C(O)C(S)CC(=O)C(S)C(=O)O. The van der Waals surface area contributed by atoms with Crippen LogP contribution < -0.4 is 0 Å². The predicted molar refractivity (Wildman–Crippen MR) is 50.4 cm³/mol. The van der Waals surface area contributed by atoms with Crippen molar-refractivity contribution in [3.05, 3.63) is 0 Å². The number of carboxylic acid groups (broad SMARTS) is 2. The van der Waals surface area contributed by atoms with E-state index in [0.717, 1.165) is 0 Å². The second kappa shape index (κ2) is 5.13. The maximum Gasteiger partial charge on any atom is 0.324 e. The molecule has 0 amide bonds. The van der Waals surface area contributed by atoms with E-state index in [9.17, 15) is 14.4 Å². The molecule has 7 heteroatoms. The average Bonchev–Trinajstić information content (AvgIpc) is 2.02. The molecule has 0 aliphatic carbocycles. The van der Waals surface area contributed by atoms with Crippen molar-refractivity contribution in [2.75, 3.05) is 0 Å². The number of ketones is 1. The van der Waals surface area contributed by atoms with Gasteiger partial charge in [0, 0.05) is 6.42 Å². The highest BCUT2D eigenvalue weighted by Gasteiger charge is 2.25. The largest absolute Gasteiger partial charge is 0.480 e. The predicted octanol–water partition coefficient (Wildman–Crippen LogP) is -0.288. The van der Waals surface area contributed by atoms with Gasteiger partial charge in [0.05, 0.1) is 0 Å². The second-order valence-electron chi connectivity index (χ2n) is 2.27. The summed E-state index contributed by atoms with van der Waals surface area (Å²) in [7, 11) is 0. The second-order valence-corrected chi connectivity index (χ2v) is 3.40. The molecule has 0 heterocycles. The van der Waals surface area contributed by atoms with Crippen LogP contribution in [0.25, 0.3) is 0 Å². The fourth-order valence-electron chi connectivity index (χ4n) is 0.527. The quantitative estimate of drug-likeness (QED) is 0.380. The highest BCUT2D eigenvalue weighted by Crippen LogP contribution is 2.08. The molecule has 0 aromatic rings. The molecule has 0 saturated heterocycles. The molecule has 2 atom stereocenters. The summed E-state index contributed by atoms with van der Waals surface area (Å²) in [6, 6.07) is 0. The summed E-state index contributed by atoms with van der Waals surface area (Å²) in [5.41, 5.74) is 0. The number of hydrogen-bond donors (Lipinski definition) is 4. The van der Waals surface area contributed by atoms with Crippen LogP contribution in [0.1, 0.15) is 6.42 Å². The van der Waals surface area contributed by atoms with Gasteiger partial charge in [-0.2, -0.15) is 25.3 Å². The summed E-state index contributed by atoms with van der Waals surface area (Å²) in [4.78, 5) is 31.4. The third-order valence-corrected chi connectivity index (χ3v) is 2.13. The minimum absolute atomic E-state index is 0.446. The molecule has 0 radical (unpaired) electrons. The summed E-state index contributed by atoms with van der Waals surface area (Å²) in [6.45, 7) is 0. The van der Waals surface area contributed by atoms with Crippen molar-refractivity contribution in [1.29, 1.82) is 0 Å². The third-order valence-electron chi connectivity index (χ3n) is 1.22. The summed E-state index contributed by atoms with van der Waals surface area (Å²) in [5, 5.41) is 14.0. The van der Waals surface area contributed by atoms with Crippen molar-refractivity contribution >= 4 is 43.0 Å². The lowest BCUT2D eigenvalue weighted by molar-refractivity contribution is -0.141. The summed E-state index contributed by atoms with van der Waals surface area (Å²) >= 11 is 7.07. The Morgan fingerprint density at radius 3 is 1.85 bits per heavy atom. The zero-order valence-corrected chi connectivity index (χ0v) is 8.16. The molecule has 0 aliphatic heterocycles. The Hall–Kier alpha value is -0.690. The lowest BCUT2D eigenvalue weighted by Gasteiger charge is -2.06. The Morgan fingerprint density at radius 2 is 1.54 bits per heavy atom. The smallest absolute Gasteiger partial charge is 0.324 e. The van der Waals surface area contributed by atoms with Crippen molar-refractivity contribution in [1.82, 2.24) is 0 Å². The number of thiol groups is 2. The van der Waals surface area contributed by atoms with Gasteiger partial charge in [0.25, 0.3) is 0 Å². The van der Waals surface area contributed by atoms with E-state index in [1.165, 1.54) is 0 Å². The Bertz CT molecular complexity index is 239. The van der Waals surface area contributed by atoms with E-state index in [1.807, 2.05) is 0 Å². The van der Waals surface area contributed by atoms with Crippen LogP contribution >= 0.6 is 25.3 Å². The molecule has 5 nitrogen and oxygen atoms in total. The lowest BCUT2D eigenvalue weighted by Crippen LogP contribution is -2.28. The fourth-order valence-corrected chi connectivity index (χ4v) is 0.813. The van der Waals surface area contributed by atoms with E-state index in [-0.39, 0.29) is 0 Å². The number of aliphatic carboxylic acids is 2. The first-order chi connectivity index (χ1) is 5.86. The van der Waals surface area contributed by atoms with E-state index in [1.54, 1.807) is 0 Å². The van der Waals surface area contributed by atoms with Gasteiger partial charge in [-0.25, -0.2) is 0 Å². The van der Waals surface area contributed by atoms with Gasteiger partial charge in [0.1, 0.15) is 5.25 Å². The monoisotopic (exact) mass is 224 g/mol. The third kappa shape index (κ3) is 4.18. The fraction of sp³-hybridized carbons (Fsp3) is 0.500. The van der Waals surface area contributed by atoms with Crippen molar-refractivity contribution in [3.8, 4) is 0 Å². The Balaban J connectivity index is 4.15. The topological polar surface area (TPSA) is 91.7 Å². The normalized spacial score (nSPS) is 14.6. The number of carboxylic acids is 2. The van der Waals surface area contributed by atoms with Crippen molar-refractivity contribution in [2.45, 2.75) is 16.9 Å². The molecule has 0 saturated carbocycles. The molecule has 2 N–H and O–H groups in total. The van der Waals surface area contributed by atoms with E-state index in [2.05, 4.69) is 25.3 Å². The summed E-state index contributed by atoms with van der Waals surface area (Å²) < 4.78 is 0. The molecule has 2 unspecified atom stereocenters. The highest BCUT2D eigenvalue weighted by molar-refractivity contribution is 7.83. The average molecular weight is 224 g/mol. The van der Waals surface area contributed by atoms with Crippen LogP contribution in [0.15, 0.2) is 0 Å². The molecule has 0 bridgehead atoms. The molecule has 74 valence electrons. The Morgan fingerprint density at radius 1 is 1.08 bits per heavy atom. The first-order valence-corrected chi connectivity index (χ1v) is 4.24. The number of Topliss-reactive ketones (excluding diaryl/α,β-unsaturated/α-hetero) is 1. The van der Waals surface area contributed by atoms with Crippen molar-refractivity contribution in [3.63, 3.8) is 0 Å². The molecule has 0 fully saturated rings. The zero-order chi connectivity index (χ0) is 10.6. The number of hydrogen-bond acceptors (Lipinski definition) is 5. The van der Waals surface area contributed by atoms with Gasteiger partial charge >= 0.3 is 11.9 Å².